The van der Waals surface area contributed by atoms with Gasteiger partial charge in [-0.15, -0.1) is 0 Å². The van der Waals surface area contributed by atoms with Crippen molar-refractivity contribution >= 4 is 33.7 Å². The van der Waals surface area contributed by atoms with Crippen LogP contribution >= 0.6 is 21.6 Å². The first-order valence-corrected chi connectivity index (χ1v) is 9.17. The molecule has 0 bridgehead atoms. The van der Waals surface area contributed by atoms with Gasteiger partial charge in [0.15, 0.2) is 0 Å². The van der Waals surface area contributed by atoms with Gasteiger partial charge < -0.3 is 15.2 Å². The molecule has 118 valence electrons. The Balaban J connectivity index is 4.14. The largest absolute Gasteiger partial charge is 0.481 e. The second-order valence-corrected chi connectivity index (χ2v) is 8.35. The number of carboxylic acid groups (broad SMARTS) is 1. The summed E-state index contributed by atoms with van der Waals surface area (Å²) in [4.78, 5) is 22.4. The van der Waals surface area contributed by atoms with Crippen molar-refractivity contribution in [3.63, 3.8) is 0 Å². The van der Waals surface area contributed by atoms with E-state index in [0.29, 0.717) is 13.0 Å². The molecule has 0 aromatic heterocycles. The molecule has 1 amide bonds. The molecule has 0 fully saturated rings. The van der Waals surface area contributed by atoms with Crippen LogP contribution in [0.5, 0.6) is 0 Å². The van der Waals surface area contributed by atoms with Gasteiger partial charge in [0.1, 0.15) is 5.60 Å². The van der Waals surface area contributed by atoms with Crippen LogP contribution in [0.3, 0.4) is 0 Å². The highest BCUT2D eigenvalue weighted by atomic mass is 33.1. The lowest BCUT2D eigenvalue weighted by atomic mass is 10.0. The van der Waals surface area contributed by atoms with Gasteiger partial charge in [0, 0.05) is 11.8 Å². The number of carboxylic acids is 1. The summed E-state index contributed by atoms with van der Waals surface area (Å²) in [6, 6.07) is 0. The molecule has 0 saturated heterocycles. The molecule has 0 aromatic rings. The number of ether oxygens (including phenoxy) is 1. The SMILES string of the molecule is CSS[C@@H](CC[C@H](C)C(=O)O)CNC(=O)OC(C)(C)C. The fourth-order valence-electron chi connectivity index (χ4n) is 1.39. The lowest BCUT2D eigenvalue weighted by Crippen LogP contribution is -2.36. The predicted octanol–water partition coefficient (Wildman–Crippen LogP) is 3.39. The Morgan fingerprint density at radius 1 is 1.30 bits per heavy atom. The summed E-state index contributed by atoms with van der Waals surface area (Å²) < 4.78 is 5.17. The van der Waals surface area contributed by atoms with E-state index < -0.39 is 17.7 Å². The number of hydrogen-bond donors (Lipinski definition) is 2. The number of amides is 1. The standard InChI is InChI=1S/C13H25NO4S2/c1-9(11(15)16)6-7-10(20-19-5)8-14-12(17)18-13(2,3)4/h9-10H,6-8H2,1-5H3,(H,14,17)(H,15,16)/t9-,10-/m0/s1. The minimum absolute atomic E-state index is 0.180. The molecule has 0 rings (SSSR count). The van der Waals surface area contributed by atoms with E-state index in [2.05, 4.69) is 5.32 Å². The van der Waals surface area contributed by atoms with Gasteiger partial charge in [-0.25, -0.2) is 4.79 Å². The van der Waals surface area contributed by atoms with E-state index in [1.54, 1.807) is 28.5 Å². The number of aliphatic carboxylic acids is 1. The number of carbonyl (C=O) groups is 2. The highest BCUT2D eigenvalue weighted by Gasteiger charge is 2.19. The molecule has 2 atom stereocenters. The van der Waals surface area contributed by atoms with Gasteiger partial charge in [0.2, 0.25) is 0 Å². The molecular formula is C13H25NO4S2. The van der Waals surface area contributed by atoms with Crippen LogP contribution in [0.2, 0.25) is 0 Å². The summed E-state index contributed by atoms with van der Waals surface area (Å²) in [6.45, 7) is 7.62. The number of hydrogen-bond acceptors (Lipinski definition) is 5. The molecule has 0 unspecified atom stereocenters. The van der Waals surface area contributed by atoms with E-state index in [1.807, 2.05) is 27.0 Å². The first-order chi connectivity index (χ1) is 9.15. The molecule has 2 N–H and O–H groups in total. The van der Waals surface area contributed by atoms with Gasteiger partial charge in [-0.05, 0) is 39.9 Å². The third-order valence-corrected chi connectivity index (χ3v) is 4.71. The normalized spacial score (nSPS) is 14.4. The van der Waals surface area contributed by atoms with E-state index in [0.717, 1.165) is 6.42 Å². The Hall–Kier alpha value is -0.560. The summed E-state index contributed by atoms with van der Waals surface area (Å²) >= 11 is 0. The highest BCUT2D eigenvalue weighted by Crippen LogP contribution is 2.27. The Morgan fingerprint density at radius 3 is 2.35 bits per heavy atom. The Morgan fingerprint density at radius 2 is 1.90 bits per heavy atom. The van der Waals surface area contributed by atoms with Gasteiger partial charge in [-0.1, -0.05) is 28.5 Å². The third-order valence-electron chi connectivity index (χ3n) is 2.45. The third kappa shape index (κ3) is 10.3. The van der Waals surface area contributed by atoms with Crippen molar-refractivity contribution in [2.24, 2.45) is 5.92 Å². The van der Waals surface area contributed by atoms with E-state index in [4.69, 9.17) is 9.84 Å². The quantitative estimate of drug-likeness (QED) is 0.667. The first kappa shape index (κ1) is 19.4. The molecule has 0 saturated carbocycles. The van der Waals surface area contributed by atoms with Crippen molar-refractivity contribution in [1.82, 2.24) is 5.32 Å². The van der Waals surface area contributed by atoms with Crippen molar-refractivity contribution in [2.45, 2.75) is 51.4 Å². The molecule has 0 aliphatic heterocycles. The zero-order valence-electron chi connectivity index (χ0n) is 12.8. The minimum Gasteiger partial charge on any atom is -0.481 e. The minimum atomic E-state index is -0.780. The van der Waals surface area contributed by atoms with Crippen LogP contribution in [-0.2, 0) is 9.53 Å². The predicted molar refractivity (Wildman–Crippen MR) is 85.2 cm³/mol. The molecule has 0 spiro atoms. The van der Waals surface area contributed by atoms with Gasteiger partial charge in [-0.3, -0.25) is 4.79 Å². The molecular weight excluding hydrogens is 298 g/mol. The van der Waals surface area contributed by atoms with Crippen molar-refractivity contribution in [2.75, 3.05) is 12.8 Å². The summed E-state index contributed by atoms with van der Waals surface area (Å²) in [5, 5.41) is 11.8. The van der Waals surface area contributed by atoms with Crippen LogP contribution in [0.1, 0.15) is 40.5 Å². The molecule has 0 radical (unpaired) electrons. The fourth-order valence-corrected chi connectivity index (χ4v) is 3.36. The van der Waals surface area contributed by atoms with Gasteiger partial charge >= 0.3 is 12.1 Å². The maximum absolute atomic E-state index is 11.6. The second kappa shape index (κ2) is 9.39. The fraction of sp³-hybridized carbons (Fsp3) is 0.846. The van der Waals surface area contributed by atoms with Crippen molar-refractivity contribution < 1.29 is 19.4 Å². The van der Waals surface area contributed by atoms with E-state index >= 15 is 0 Å². The van der Waals surface area contributed by atoms with Crippen molar-refractivity contribution in [3.05, 3.63) is 0 Å². The maximum atomic E-state index is 11.6. The lowest BCUT2D eigenvalue weighted by molar-refractivity contribution is -0.141. The van der Waals surface area contributed by atoms with Crippen LogP contribution in [0.25, 0.3) is 0 Å². The summed E-state index contributed by atoms with van der Waals surface area (Å²) in [5.41, 5.74) is -0.510. The van der Waals surface area contributed by atoms with Gasteiger partial charge in [0.05, 0.1) is 5.92 Å². The van der Waals surface area contributed by atoms with E-state index in [-0.39, 0.29) is 11.2 Å². The van der Waals surface area contributed by atoms with Crippen molar-refractivity contribution in [1.29, 1.82) is 0 Å². The van der Waals surface area contributed by atoms with E-state index in [1.165, 1.54) is 0 Å². The molecule has 5 nitrogen and oxygen atoms in total. The smallest absolute Gasteiger partial charge is 0.407 e. The number of nitrogens with one attached hydrogen (secondary N) is 1. The maximum Gasteiger partial charge on any atom is 0.407 e. The van der Waals surface area contributed by atoms with Crippen LogP contribution < -0.4 is 5.32 Å². The topological polar surface area (TPSA) is 75.6 Å². The van der Waals surface area contributed by atoms with Crippen LogP contribution in [-0.4, -0.2) is 40.8 Å². The molecule has 20 heavy (non-hydrogen) atoms. The highest BCUT2D eigenvalue weighted by molar-refractivity contribution is 8.76. The molecule has 0 heterocycles. The zero-order chi connectivity index (χ0) is 15.8. The zero-order valence-corrected chi connectivity index (χ0v) is 14.4. The molecule has 0 aromatic carbocycles. The number of alkyl carbamates (subject to hydrolysis) is 1. The van der Waals surface area contributed by atoms with Crippen molar-refractivity contribution in [3.8, 4) is 0 Å². The lowest BCUT2D eigenvalue weighted by Gasteiger charge is -2.21. The molecule has 0 aliphatic carbocycles. The average molecular weight is 323 g/mol. The molecule has 0 aliphatic rings. The van der Waals surface area contributed by atoms with Gasteiger partial charge in [-0.2, -0.15) is 0 Å². The summed E-state index contributed by atoms with van der Waals surface area (Å²) in [5.74, 6) is -1.14. The monoisotopic (exact) mass is 323 g/mol. The Bertz CT molecular complexity index is 318. The van der Waals surface area contributed by atoms with Crippen LogP contribution in [0, 0.1) is 5.92 Å². The summed E-state index contributed by atoms with van der Waals surface area (Å²) in [6.07, 6.45) is 2.87. The number of rotatable bonds is 8. The van der Waals surface area contributed by atoms with E-state index in [9.17, 15) is 9.59 Å². The molecule has 7 heteroatoms. The Kier molecular flexibility index (Phi) is 9.13. The Labute approximate surface area is 129 Å². The van der Waals surface area contributed by atoms with Gasteiger partial charge in [0.25, 0.3) is 0 Å². The average Bonchev–Trinajstić information content (AvgIpc) is 2.29. The van der Waals surface area contributed by atoms with Crippen LogP contribution in [0.4, 0.5) is 4.79 Å². The second-order valence-electron chi connectivity index (χ2n) is 5.58. The summed E-state index contributed by atoms with van der Waals surface area (Å²) in [7, 11) is 3.26. The number of carbonyl (C=O) groups excluding carboxylic acids is 1. The van der Waals surface area contributed by atoms with Crippen LogP contribution in [0.15, 0.2) is 0 Å². The first-order valence-electron chi connectivity index (χ1n) is 6.55.